The average molecular weight is 544 g/mol. The molecule has 2 aliphatic rings. The van der Waals surface area contributed by atoms with Crippen LogP contribution in [-0.2, 0) is 19.1 Å². The first-order chi connectivity index (χ1) is 17.9. The van der Waals surface area contributed by atoms with Crippen molar-refractivity contribution in [2.24, 2.45) is 17.3 Å². The van der Waals surface area contributed by atoms with Gasteiger partial charge in [-0.3, -0.25) is 9.59 Å². The Morgan fingerprint density at radius 2 is 1.97 bits per heavy atom. The van der Waals surface area contributed by atoms with Gasteiger partial charge in [-0.15, -0.1) is 17.9 Å². The number of thiazole rings is 1. The third-order valence-electron chi connectivity index (χ3n) is 8.54. The number of fused-ring (bicyclic) bond motifs is 2. The number of aryl methyl sites for hydroxylation is 1. The fourth-order valence-electron chi connectivity index (χ4n) is 5.70. The van der Waals surface area contributed by atoms with Gasteiger partial charge in [0.25, 0.3) is 0 Å². The van der Waals surface area contributed by atoms with Crippen LogP contribution in [0.3, 0.4) is 0 Å². The minimum Gasteiger partial charge on any atom is -0.457 e. The van der Waals surface area contributed by atoms with E-state index in [0.717, 1.165) is 40.1 Å². The van der Waals surface area contributed by atoms with Gasteiger partial charge < -0.3 is 19.7 Å². The van der Waals surface area contributed by atoms with E-state index in [0.29, 0.717) is 12.8 Å². The lowest BCUT2D eigenvalue weighted by atomic mass is 9.71. The largest absolute Gasteiger partial charge is 0.457 e. The molecule has 0 spiro atoms. The molecule has 0 radical (unpaired) electrons. The Morgan fingerprint density at radius 1 is 1.24 bits per heavy atom. The molecule has 2 fully saturated rings. The second-order valence-corrected chi connectivity index (χ2v) is 13.1. The fourth-order valence-corrected chi connectivity index (χ4v) is 6.51. The van der Waals surface area contributed by atoms with E-state index < -0.39 is 35.6 Å². The molecule has 1 aromatic carbocycles. The standard InChI is InChI=1S/C30H41NO6S/c1-7-9-20-27(34)17(2)10-8-13-30(6)25(37-30)15-22(19-11-12-23-21(14-19)31-18(3)38-23)36-26(33)16-24(32)29(4,5)28(20)35/h7,11-12,14,17,20,22,24-25,27,32,34H,1,8-10,13,15-16H2,2-6H3/t17-,20?,22-,24-,25-,27?,30+/m0/s1. The van der Waals surface area contributed by atoms with E-state index in [9.17, 15) is 19.8 Å². The van der Waals surface area contributed by atoms with E-state index in [1.165, 1.54) is 0 Å². The van der Waals surface area contributed by atoms with Gasteiger partial charge in [-0.2, -0.15) is 0 Å². The summed E-state index contributed by atoms with van der Waals surface area (Å²) in [4.78, 5) is 31.3. The van der Waals surface area contributed by atoms with Gasteiger partial charge >= 0.3 is 5.97 Å². The molecule has 0 bridgehead atoms. The number of cyclic esters (lactones) is 1. The Bertz CT molecular complexity index is 1190. The molecule has 0 saturated carbocycles. The summed E-state index contributed by atoms with van der Waals surface area (Å²) in [6.07, 6.45) is 1.71. The number of nitrogens with zero attached hydrogens (tertiary/aromatic N) is 1. The zero-order valence-corrected chi connectivity index (χ0v) is 23.9. The van der Waals surface area contributed by atoms with E-state index >= 15 is 0 Å². The minimum absolute atomic E-state index is 0.0715. The number of aliphatic hydroxyl groups is 2. The summed E-state index contributed by atoms with van der Waals surface area (Å²) in [6, 6.07) is 5.92. The number of hydrogen-bond donors (Lipinski definition) is 2. The van der Waals surface area contributed by atoms with Gasteiger partial charge in [-0.05, 0) is 56.7 Å². The summed E-state index contributed by atoms with van der Waals surface area (Å²) in [5.74, 6) is -1.68. The van der Waals surface area contributed by atoms with Gasteiger partial charge in [0.15, 0.2) is 0 Å². The number of Topliss-reactive ketones (excluding diaryl/α,β-unsaturated/α-hetero) is 1. The Balaban J connectivity index is 1.63. The number of ether oxygens (including phenoxy) is 2. The number of rotatable bonds is 3. The lowest BCUT2D eigenvalue weighted by Crippen LogP contribution is -2.46. The molecule has 1 aromatic heterocycles. The Morgan fingerprint density at radius 3 is 2.68 bits per heavy atom. The third kappa shape index (κ3) is 6.03. The first kappa shape index (κ1) is 28.9. The van der Waals surface area contributed by atoms with Crippen molar-refractivity contribution in [3.8, 4) is 0 Å². The predicted molar refractivity (Wildman–Crippen MR) is 148 cm³/mol. The molecule has 2 saturated heterocycles. The SMILES string of the molecule is C=CCC1C(=O)C(C)(C)[C@@H](O)CC(=O)O[C@H](c2ccc3sc(C)nc3c2)C[C@@H]2O[C@]2(C)CCC[C@H](C)C1O. The van der Waals surface area contributed by atoms with Crippen LogP contribution >= 0.6 is 11.3 Å². The molecule has 0 aliphatic carbocycles. The van der Waals surface area contributed by atoms with Crippen molar-refractivity contribution in [3.63, 3.8) is 0 Å². The molecule has 0 amide bonds. The van der Waals surface area contributed by atoms with E-state index in [-0.39, 0.29) is 29.8 Å². The van der Waals surface area contributed by atoms with Crippen LogP contribution in [0.4, 0.5) is 0 Å². The van der Waals surface area contributed by atoms with Gasteiger partial charge in [-0.1, -0.05) is 39.3 Å². The van der Waals surface area contributed by atoms with Crippen LogP contribution < -0.4 is 0 Å². The number of hydrogen-bond acceptors (Lipinski definition) is 8. The van der Waals surface area contributed by atoms with Crippen LogP contribution in [0, 0.1) is 24.2 Å². The van der Waals surface area contributed by atoms with Crippen molar-refractivity contribution < 1.29 is 29.3 Å². The predicted octanol–water partition coefficient (Wildman–Crippen LogP) is 5.46. The number of carbonyl (C=O) groups is 2. The van der Waals surface area contributed by atoms with Crippen LogP contribution in [0.25, 0.3) is 10.2 Å². The molecule has 3 heterocycles. The summed E-state index contributed by atoms with van der Waals surface area (Å²) in [7, 11) is 0. The molecular weight excluding hydrogens is 502 g/mol. The Labute approximate surface area is 229 Å². The molecule has 7 atom stereocenters. The van der Waals surface area contributed by atoms with Gasteiger partial charge in [0, 0.05) is 12.3 Å². The smallest absolute Gasteiger partial charge is 0.309 e. The molecule has 2 unspecified atom stereocenters. The fraction of sp³-hybridized carbons (Fsp3) is 0.633. The molecule has 8 heteroatoms. The summed E-state index contributed by atoms with van der Waals surface area (Å²) in [5.41, 5.74) is 0.115. The molecular formula is C30H41NO6S. The number of carbonyl (C=O) groups excluding carboxylic acids is 2. The number of aliphatic hydroxyl groups excluding tert-OH is 2. The zero-order chi connectivity index (χ0) is 27.8. The summed E-state index contributed by atoms with van der Waals surface area (Å²) >= 11 is 1.61. The van der Waals surface area contributed by atoms with E-state index in [1.54, 1.807) is 31.3 Å². The zero-order valence-electron chi connectivity index (χ0n) is 23.1. The lowest BCUT2D eigenvalue weighted by Gasteiger charge is -2.35. The van der Waals surface area contributed by atoms with E-state index in [2.05, 4.69) is 18.5 Å². The highest BCUT2D eigenvalue weighted by Crippen LogP contribution is 2.47. The molecule has 208 valence electrons. The Hall–Kier alpha value is -2.13. The first-order valence-corrected chi connectivity index (χ1v) is 14.4. The summed E-state index contributed by atoms with van der Waals surface area (Å²) < 4.78 is 13.2. The van der Waals surface area contributed by atoms with E-state index in [4.69, 9.17) is 9.47 Å². The normalized spacial score (nSPS) is 34.9. The molecule has 38 heavy (non-hydrogen) atoms. The maximum atomic E-state index is 13.6. The minimum atomic E-state index is -1.27. The quantitative estimate of drug-likeness (QED) is 0.301. The second-order valence-electron chi connectivity index (χ2n) is 11.9. The molecule has 7 nitrogen and oxygen atoms in total. The van der Waals surface area contributed by atoms with Crippen molar-refractivity contribution in [2.75, 3.05) is 0 Å². The lowest BCUT2D eigenvalue weighted by molar-refractivity contribution is -0.156. The monoisotopic (exact) mass is 543 g/mol. The van der Waals surface area contributed by atoms with Crippen LogP contribution in [0.1, 0.15) is 82.9 Å². The molecule has 4 rings (SSSR count). The average Bonchev–Trinajstić information content (AvgIpc) is 3.32. The third-order valence-corrected chi connectivity index (χ3v) is 9.49. The highest BCUT2D eigenvalue weighted by Gasteiger charge is 2.53. The van der Waals surface area contributed by atoms with Gasteiger partial charge in [-0.25, -0.2) is 4.98 Å². The summed E-state index contributed by atoms with van der Waals surface area (Å²) in [6.45, 7) is 13.0. The molecule has 2 aliphatic heterocycles. The van der Waals surface area contributed by atoms with Crippen molar-refractivity contribution in [3.05, 3.63) is 41.4 Å². The van der Waals surface area contributed by atoms with Crippen molar-refractivity contribution in [1.29, 1.82) is 0 Å². The number of aromatic nitrogens is 1. The van der Waals surface area contributed by atoms with Crippen LogP contribution in [0.15, 0.2) is 30.9 Å². The van der Waals surface area contributed by atoms with Crippen LogP contribution in [-0.4, -0.2) is 50.9 Å². The Kier molecular flexibility index (Phi) is 8.48. The topological polar surface area (TPSA) is 109 Å². The van der Waals surface area contributed by atoms with Gasteiger partial charge in [0.1, 0.15) is 11.9 Å². The van der Waals surface area contributed by atoms with E-state index in [1.807, 2.05) is 32.0 Å². The van der Waals surface area contributed by atoms with Crippen molar-refractivity contribution in [1.82, 2.24) is 4.98 Å². The van der Waals surface area contributed by atoms with Crippen molar-refractivity contribution in [2.45, 2.75) is 103 Å². The highest BCUT2D eigenvalue weighted by molar-refractivity contribution is 7.18. The number of benzene rings is 1. The van der Waals surface area contributed by atoms with Gasteiger partial charge in [0.2, 0.25) is 0 Å². The maximum Gasteiger partial charge on any atom is 0.309 e. The number of allylic oxidation sites excluding steroid dienone is 1. The van der Waals surface area contributed by atoms with Crippen LogP contribution in [0.2, 0.25) is 0 Å². The number of epoxide rings is 1. The maximum absolute atomic E-state index is 13.6. The van der Waals surface area contributed by atoms with Crippen molar-refractivity contribution >= 4 is 33.3 Å². The molecule has 2 N–H and O–H groups in total. The highest BCUT2D eigenvalue weighted by atomic mass is 32.1. The summed E-state index contributed by atoms with van der Waals surface area (Å²) in [5, 5.41) is 23.2. The second kappa shape index (κ2) is 11.2. The first-order valence-electron chi connectivity index (χ1n) is 13.6. The van der Waals surface area contributed by atoms with Gasteiger partial charge in [0.05, 0.1) is 51.0 Å². The van der Waals surface area contributed by atoms with Crippen LogP contribution in [0.5, 0.6) is 0 Å². The number of esters is 1. The number of ketones is 1. The molecule has 2 aromatic rings.